The number of rotatable bonds is 5. The van der Waals surface area contributed by atoms with Gasteiger partial charge in [0.05, 0.1) is 18.5 Å². The number of aromatic nitrogens is 2. The van der Waals surface area contributed by atoms with Gasteiger partial charge in [0.25, 0.3) is 0 Å². The molecule has 0 fully saturated rings. The topological polar surface area (TPSA) is 52.5 Å². The fourth-order valence-corrected chi connectivity index (χ4v) is 1.63. The number of pyridine rings is 1. The average Bonchev–Trinajstić information content (AvgIpc) is 2.73. The lowest BCUT2D eigenvalue weighted by atomic mass is 10.3. The van der Waals surface area contributed by atoms with Gasteiger partial charge in [0.15, 0.2) is 11.4 Å². The second-order valence-corrected chi connectivity index (χ2v) is 3.72. The van der Waals surface area contributed by atoms with Crippen LogP contribution in [-0.2, 0) is 6.54 Å². The van der Waals surface area contributed by atoms with Crippen LogP contribution in [0.25, 0.3) is 5.65 Å². The van der Waals surface area contributed by atoms with Crippen molar-refractivity contribution in [2.24, 2.45) is 5.73 Å². The predicted molar refractivity (Wildman–Crippen MR) is 63.5 cm³/mol. The van der Waals surface area contributed by atoms with Crippen molar-refractivity contribution < 1.29 is 4.74 Å². The van der Waals surface area contributed by atoms with E-state index in [-0.39, 0.29) is 0 Å². The van der Waals surface area contributed by atoms with Crippen molar-refractivity contribution in [1.29, 1.82) is 0 Å². The molecule has 2 N–H and O–H groups in total. The van der Waals surface area contributed by atoms with Crippen LogP contribution < -0.4 is 10.5 Å². The Morgan fingerprint density at radius 1 is 1.50 bits per heavy atom. The molecule has 0 bridgehead atoms. The number of unbranched alkanes of at least 4 members (excludes halogenated alkanes) is 1. The monoisotopic (exact) mass is 219 g/mol. The molecule has 2 aromatic heterocycles. The number of nitrogens with two attached hydrogens (primary N) is 1. The summed E-state index contributed by atoms with van der Waals surface area (Å²) in [4.78, 5) is 4.33. The van der Waals surface area contributed by atoms with Crippen molar-refractivity contribution in [3.8, 4) is 5.75 Å². The lowest BCUT2D eigenvalue weighted by Gasteiger charge is -2.06. The van der Waals surface area contributed by atoms with E-state index in [0.29, 0.717) is 6.54 Å². The van der Waals surface area contributed by atoms with Crippen molar-refractivity contribution in [2.75, 3.05) is 6.61 Å². The quantitative estimate of drug-likeness (QED) is 0.782. The van der Waals surface area contributed by atoms with Crippen LogP contribution >= 0.6 is 0 Å². The molecule has 0 aliphatic rings. The van der Waals surface area contributed by atoms with Crippen molar-refractivity contribution in [2.45, 2.75) is 26.3 Å². The highest BCUT2D eigenvalue weighted by molar-refractivity contribution is 5.54. The molecule has 86 valence electrons. The Labute approximate surface area is 95.0 Å². The molecule has 2 heterocycles. The van der Waals surface area contributed by atoms with Crippen LogP contribution in [0.5, 0.6) is 5.75 Å². The van der Waals surface area contributed by atoms with Crippen LogP contribution in [0.4, 0.5) is 0 Å². The van der Waals surface area contributed by atoms with Crippen molar-refractivity contribution >= 4 is 5.65 Å². The van der Waals surface area contributed by atoms with E-state index in [1.165, 1.54) is 0 Å². The number of nitrogens with zero attached hydrogens (tertiary/aromatic N) is 2. The van der Waals surface area contributed by atoms with Crippen LogP contribution in [0.1, 0.15) is 25.5 Å². The van der Waals surface area contributed by atoms with Gasteiger partial charge in [-0.15, -0.1) is 0 Å². The molecule has 0 spiro atoms. The number of hydrogen-bond acceptors (Lipinski definition) is 3. The fourth-order valence-electron chi connectivity index (χ4n) is 1.63. The average molecular weight is 219 g/mol. The van der Waals surface area contributed by atoms with Gasteiger partial charge in [-0.1, -0.05) is 13.3 Å². The Morgan fingerprint density at radius 3 is 3.12 bits per heavy atom. The molecule has 0 atom stereocenters. The van der Waals surface area contributed by atoms with E-state index in [2.05, 4.69) is 11.9 Å². The minimum atomic E-state index is 0.486. The third kappa shape index (κ3) is 2.02. The Balaban J connectivity index is 2.28. The first kappa shape index (κ1) is 11.0. The molecule has 0 aliphatic carbocycles. The van der Waals surface area contributed by atoms with Gasteiger partial charge in [-0.25, -0.2) is 4.98 Å². The maximum absolute atomic E-state index is 5.69. The lowest BCUT2D eigenvalue weighted by Crippen LogP contribution is -2.02. The third-order valence-electron chi connectivity index (χ3n) is 2.54. The first-order chi connectivity index (χ1) is 7.86. The molecule has 2 aromatic rings. The summed E-state index contributed by atoms with van der Waals surface area (Å²) >= 11 is 0. The van der Waals surface area contributed by atoms with E-state index in [1.807, 2.05) is 22.7 Å². The Morgan fingerprint density at radius 2 is 2.38 bits per heavy atom. The molecule has 4 nitrogen and oxygen atoms in total. The minimum absolute atomic E-state index is 0.486. The summed E-state index contributed by atoms with van der Waals surface area (Å²) in [5.41, 5.74) is 7.47. The molecule has 0 aromatic carbocycles. The second kappa shape index (κ2) is 4.99. The van der Waals surface area contributed by atoms with E-state index in [0.717, 1.165) is 36.5 Å². The van der Waals surface area contributed by atoms with Gasteiger partial charge >= 0.3 is 0 Å². The molecule has 0 saturated carbocycles. The summed E-state index contributed by atoms with van der Waals surface area (Å²) in [6.45, 7) is 3.37. The van der Waals surface area contributed by atoms with Crippen molar-refractivity contribution in [3.05, 3.63) is 30.2 Å². The molecule has 2 rings (SSSR count). The van der Waals surface area contributed by atoms with Crippen molar-refractivity contribution in [3.63, 3.8) is 0 Å². The van der Waals surface area contributed by atoms with Gasteiger partial charge in [0.1, 0.15) is 0 Å². The zero-order valence-corrected chi connectivity index (χ0v) is 9.52. The van der Waals surface area contributed by atoms with Gasteiger partial charge in [0, 0.05) is 12.7 Å². The summed E-state index contributed by atoms with van der Waals surface area (Å²) in [6.07, 6.45) is 5.94. The highest BCUT2D eigenvalue weighted by atomic mass is 16.5. The normalized spacial score (nSPS) is 10.9. The molecule has 0 saturated heterocycles. The highest BCUT2D eigenvalue weighted by Crippen LogP contribution is 2.19. The zero-order valence-electron chi connectivity index (χ0n) is 9.52. The Hall–Kier alpha value is -1.55. The summed E-state index contributed by atoms with van der Waals surface area (Å²) in [7, 11) is 0. The number of ether oxygens (including phenoxy) is 1. The molecule has 0 aliphatic heterocycles. The van der Waals surface area contributed by atoms with Crippen LogP contribution in [0.3, 0.4) is 0 Å². The smallest absolute Gasteiger partial charge is 0.179 e. The van der Waals surface area contributed by atoms with Crippen LogP contribution in [0.15, 0.2) is 24.5 Å². The maximum atomic E-state index is 5.69. The molecule has 4 heteroatoms. The molecule has 16 heavy (non-hydrogen) atoms. The molecular formula is C12H17N3O. The molecular weight excluding hydrogens is 202 g/mol. The summed E-state index contributed by atoms with van der Waals surface area (Å²) in [5, 5.41) is 0. The van der Waals surface area contributed by atoms with Crippen LogP contribution in [-0.4, -0.2) is 16.0 Å². The zero-order chi connectivity index (χ0) is 11.4. The van der Waals surface area contributed by atoms with Gasteiger partial charge < -0.3 is 10.5 Å². The maximum Gasteiger partial charge on any atom is 0.179 e. The lowest BCUT2D eigenvalue weighted by molar-refractivity contribution is 0.311. The predicted octanol–water partition coefficient (Wildman–Crippen LogP) is 1.97. The first-order valence-electron chi connectivity index (χ1n) is 5.64. The van der Waals surface area contributed by atoms with E-state index in [9.17, 15) is 0 Å². The Kier molecular flexibility index (Phi) is 3.41. The minimum Gasteiger partial charge on any atom is -0.490 e. The van der Waals surface area contributed by atoms with Gasteiger partial charge in [0.2, 0.25) is 0 Å². The summed E-state index contributed by atoms with van der Waals surface area (Å²) in [5.74, 6) is 0.829. The fraction of sp³-hybridized carbons (Fsp3) is 0.417. The van der Waals surface area contributed by atoms with Crippen molar-refractivity contribution in [1.82, 2.24) is 9.38 Å². The van der Waals surface area contributed by atoms with E-state index < -0.39 is 0 Å². The summed E-state index contributed by atoms with van der Waals surface area (Å²) < 4.78 is 7.67. The molecule has 0 radical (unpaired) electrons. The van der Waals surface area contributed by atoms with Gasteiger partial charge in [-0.2, -0.15) is 0 Å². The van der Waals surface area contributed by atoms with Crippen LogP contribution in [0, 0.1) is 0 Å². The van der Waals surface area contributed by atoms with E-state index >= 15 is 0 Å². The molecule has 0 amide bonds. The number of imidazole rings is 1. The second-order valence-electron chi connectivity index (χ2n) is 3.72. The Bertz CT molecular complexity index is 464. The standard InChI is InChI=1S/C12H17N3O/c1-2-3-7-16-11-5-4-6-15-10(8-13)9-14-12(11)15/h4-6,9H,2-3,7-8,13H2,1H3. The van der Waals surface area contributed by atoms with E-state index in [1.54, 1.807) is 6.20 Å². The van der Waals surface area contributed by atoms with Gasteiger partial charge in [-0.3, -0.25) is 4.40 Å². The number of hydrogen-bond donors (Lipinski definition) is 1. The van der Waals surface area contributed by atoms with Crippen LogP contribution in [0.2, 0.25) is 0 Å². The third-order valence-corrected chi connectivity index (χ3v) is 2.54. The molecule has 0 unspecified atom stereocenters. The van der Waals surface area contributed by atoms with E-state index in [4.69, 9.17) is 10.5 Å². The SMILES string of the molecule is CCCCOc1cccn2c(CN)cnc12. The largest absolute Gasteiger partial charge is 0.490 e. The first-order valence-corrected chi connectivity index (χ1v) is 5.64. The summed E-state index contributed by atoms with van der Waals surface area (Å²) in [6, 6.07) is 3.90. The van der Waals surface area contributed by atoms with Gasteiger partial charge in [-0.05, 0) is 18.6 Å². The highest BCUT2D eigenvalue weighted by Gasteiger charge is 2.06. The number of fused-ring (bicyclic) bond motifs is 1.